The molecule has 0 fully saturated rings. The van der Waals surface area contributed by atoms with Crippen molar-refractivity contribution >= 4 is 22.6 Å². The Balaban J connectivity index is 1.58. The SMILES string of the molecule is COc1ccc2cc(-c3cc(-c4cc(C(F)(F)F)ccc4OC)nn3C(C)c3ccc(C(=O)NCCC(=O)O)cc3)ccc2c1. The van der Waals surface area contributed by atoms with Crippen molar-refractivity contribution in [3.05, 3.63) is 102 Å². The lowest BCUT2D eigenvalue weighted by Crippen LogP contribution is -2.26. The molecule has 1 unspecified atom stereocenters. The molecule has 0 saturated carbocycles. The molecule has 0 spiro atoms. The summed E-state index contributed by atoms with van der Waals surface area (Å²) in [7, 11) is 2.99. The molecule has 1 aromatic heterocycles. The van der Waals surface area contributed by atoms with Gasteiger partial charge in [-0.05, 0) is 77.9 Å². The van der Waals surface area contributed by atoms with Gasteiger partial charge in [0.2, 0.25) is 0 Å². The molecule has 1 atom stereocenters. The van der Waals surface area contributed by atoms with E-state index in [0.717, 1.165) is 34.0 Å². The molecule has 8 nitrogen and oxygen atoms in total. The lowest BCUT2D eigenvalue weighted by atomic mass is 10.0. The number of hydrogen-bond acceptors (Lipinski definition) is 5. The van der Waals surface area contributed by atoms with Crippen molar-refractivity contribution in [1.82, 2.24) is 15.1 Å². The minimum absolute atomic E-state index is 0.00326. The minimum Gasteiger partial charge on any atom is -0.497 e. The second-order valence-electron chi connectivity index (χ2n) is 10.4. The smallest absolute Gasteiger partial charge is 0.416 e. The molecule has 45 heavy (non-hydrogen) atoms. The Morgan fingerprint density at radius 3 is 2.29 bits per heavy atom. The number of fused-ring (bicyclic) bond motifs is 1. The minimum atomic E-state index is -4.55. The second-order valence-corrected chi connectivity index (χ2v) is 10.4. The lowest BCUT2D eigenvalue weighted by molar-refractivity contribution is -0.138. The third kappa shape index (κ3) is 6.77. The predicted molar refractivity (Wildman–Crippen MR) is 164 cm³/mol. The van der Waals surface area contributed by atoms with Crippen LogP contribution in [0.3, 0.4) is 0 Å². The maximum atomic E-state index is 13.7. The molecule has 232 valence electrons. The molecule has 0 aliphatic heterocycles. The number of benzene rings is 4. The van der Waals surface area contributed by atoms with E-state index in [-0.39, 0.29) is 24.3 Å². The molecule has 0 aliphatic rings. The Kier molecular flexibility index (Phi) is 8.80. The predicted octanol–water partition coefficient (Wildman–Crippen LogP) is 7.22. The van der Waals surface area contributed by atoms with Crippen LogP contribution in [-0.4, -0.2) is 47.5 Å². The van der Waals surface area contributed by atoms with Gasteiger partial charge < -0.3 is 19.9 Å². The van der Waals surface area contributed by atoms with E-state index in [1.54, 1.807) is 42.1 Å². The van der Waals surface area contributed by atoms with Gasteiger partial charge in [-0.2, -0.15) is 18.3 Å². The van der Waals surface area contributed by atoms with E-state index in [1.165, 1.54) is 13.2 Å². The summed E-state index contributed by atoms with van der Waals surface area (Å²) in [5.41, 5.74) is 2.26. The molecule has 5 aromatic rings. The average molecular weight is 618 g/mol. The van der Waals surface area contributed by atoms with Crippen LogP contribution in [0.4, 0.5) is 13.2 Å². The number of rotatable bonds is 10. The number of methoxy groups -OCH3 is 2. The first-order chi connectivity index (χ1) is 21.5. The van der Waals surface area contributed by atoms with Gasteiger partial charge in [0.05, 0.1) is 43.6 Å². The number of carboxylic acids is 1. The Morgan fingerprint density at radius 1 is 0.911 bits per heavy atom. The summed E-state index contributed by atoms with van der Waals surface area (Å²) in [4.78, 5) is 23.2. The van der Waals surface area contributed by atoms with Crippen LogP contribution in [0.2, 0.25) is 0 Å². The van der Waals surface area contributed by atoms with Gasteiger partial charge in [-0.25, -0.2) is 0 Å². The molecule has 1 amide bonds. The summed E-state index contributed by atoms with van der Waals surface area (Å²) < 4.78 is 53.6. The molecule has 1 heterocycles. The van der Waals surface area contributed by atoms with Gasteiger partial charge in [0.1, 0.15) is 11.5 Å². The van der Waals surface area contributed by atoms with Crippen molar-refractivity contribution < 1.29 is 37.3 Å². The monoisotopic (exact) mass is 617 g/mol. The molecular formula is C34H30F3N3O5. The topological polar surface area (TPSA) is 103 Å². The Labute approximate surface area is 257 Å². The summed E-state index contributed by atoms with van der Waals surface area (Å²) >= 11 is 0. The van der Waals surface area contributed by atoms with Crippen molar-refractivity contribution in [2.75, 3.05) is 20.8 Å². The highest BCUT2D eigenvalue weighted by Gasteiger charge is 2.32. The molecule has 0 saturated heterocycles. The largest absolute Gasteiger partial charge is 0.497 e. The van der Waals surface area contributed by atoms with Crippen LogP contribution in [0.5, 0.6) is 11.5 Å². The standard InChI is InChI=1S/C34H30F3N3O5/c1-20(21-4-6-22(7-5-21)33(43)38-15-14-32(41)42)40-30(25-9-8-24-17-27(44-2)12-10-23(24)16-25)19-29(39-40)28-18-26(34(35,36)37)11-13-31(28)45-3/h4-13,16-20H,14-15H2,1-3H3,(H,38,43)(H,41,42). The number of carbonyl (C=O) groups is 2. The van der Waals surface area contributed by atoms with Gasteiger partial charge in [-0.1, -0.05) is 30.3 Å². The summed E-state index contributed by atoms with van der Waals surface area (Å²) in [6, 6.07) is 22.9. The zero-order chi connectivity index (χ0) is 32.3. The van der Waals surface area contributed by atoms with Crippen molar-refractivity contribution in [3.8, 4) is 34.0 Å². The van der Waals surface area contributed by atoms with Gasteiger partial charge in [0.25, 0.3) is 5.91 Å². The molecular weight excluding hydrogens is 587 g/mol. The molecule has 0 radical (unpaired) electrons. The van der Waals surface area contributed by atoms with E-state index in [9.17, 15) is 22.8 Å². The van der Waals surface area contributed by atoms with Crippen molar-refractivity contribution in [2.45, 2.75) is 25.6 Å². The molecule has 0 aliphatic carbocycles. The first kappa shape index (κ1) is 31.1. The van der Waals surface area contributed by atoms with Crippen LogP contribution in [0.15, 0.2) is 84.9 Å². The van der Waals surface area contributed by atoms with Crippen LogP contribution in [0.1, 0.15) is 40.9 Å². The first-order valence-electron chi connectivity index (χ1n) is 14.0. The van der Waals surface area contributed by atoms with E-state index in [1.807, 2.05) is 43.3 Å². The van der Waals surface area contributed by atoms with Crippen LogP contribution >= 0.6 is 0 Å². The fourth-order valence-corrected chi connectivity index (χ4v) is 5.07. The maximum absolute atomic E-state index is 13.7. The van der Waals surface area contributed by atoms with Gasteiger partial charge in [-0.3, -0.25) is 14.3 Å². The molecule has 11 heteroatoms. The summed E-state index contributed by atoms with van der Waals surface area (Å²) in [5, 5.41) is 18.1. The highest BCUT2D eigenvalue weighted by molar-refractivity contribution is 5.94. The Morgan fingerprint density at radius 2 is 1.62 bits per heavy atom. The number of aliphatic carboxylic acids is 1. The Bertz CT molecular complexity index is 1870. The van der Waals surface area contributed by atoms with E-state index >= 15 is 0 Å². The van der Waals surface area contributed by atoms with Crippen molar-refractivity contribution in [1.29, 1.82) is 0 Å². The van der Waals surface area contributed by atoms with Crippen LogP contribution in [0.25, 0.3) is 33.3 Å². The third-order valence-electron chi connectivity index (χ3n) is 7.53. The van der Waals surface area contributed by atoms with Crippen molar-refractivity contribution in [2.24, 2.45) is 0 Å². The number of aromatic nitrogens is 2. The van der Waals surface area contributed by atoms with E-state index in [2.05, 4.69) is 5.32 Å². The van der Waals surface area contributed by atoms with E-state index < -0.39 is 29.7 Å². The Hall–Kier alpha value is -5.32. The van der Waals surface area contributed by atoms with Crippen LogP contribution < -0.4 is 14.8 Å². The first-order valence-corrected chi connectivity index (χ1v) is 14.0. The normalized spacial score (nSPS) is 12.1. The summed E-state index contributed by atoms with van der Waals surface area (Å²) in [6.07, 6.45) is -4.75. The number of carboxylic acid groups (broad SMARTS) is 1. The van der Waals surface area contributed by atoms with Crippen molar-refractivity contribution in [3.63, 3.8) is 0 Å². The molecule has 4 aromatic carbocycles. The maximum Gasteiger partial charge on any atom is 0.416 e. The van der Waals surface area contributed by atoms with E-state index in [0.29, 0.717) is 22.7 Å². The number of amides is 1. The van der Waals surface area contributed by atoms with Gasteiger partial charge in [0, 0.05) is 23.2 Å². The molecule has 2 N–H and O–H groups in total. The van der Waals surface area contributed by atoms with Gasteiger partial charge in [0.15, 0.2) is 0 Å². The van der Waals surface area contributed by atoms with Gasteiger partial charge >= 0.3 is 12.1 Å². The number of alkyl halides is 3. The highest BCUT2D eigenvalue weighted by Crippen LogP contribution is 2.39. The number of carbonyl (C=O) groups excluding carboxylic acids is 1. The zero-order valence-electron chi connectivity index (χ0n) is 24.7. The fraction of sp³-hybridized carbons (Fsp3) is 0.206. The van der Waals surface area contributed by atoms with Crippen LogP contribution in [0, 0.1) is 0 Å². The second kappa shape index (κ2) is 12.7. The number of nitrogens with zero attached hydrogens (tertiary/aromatic N) is 2. The quantitative estimate of drug-likeness (QED) is 0.172. The number of nitrogens with one attached hydrogen (secondary N) is 1. The number of halogens is 3. The third-order valence-corrected chi connectivity index (χ3v) is 7.53. The van der Waals surface area contributed by atoms with Gasteiger partial charge in [-0.15, -0.1) is 0 Å². The van der Waals surface area contributed by atoms with Crippen LogP contribution in [-0.2, 0) is 11.0 Å². The van der Waals surface area contributed by atoms with E-state index in [4.69, 9.17) is 19.7 Å². The molecule has 5 rings (SSSR count). The lowest BCUT2D eigenvalue weighted by Gasteiger charge is -2.17. The fourth-order valence-electron chi connectivity index (χ4n) is 5.07. The number of ether oxygens (including phenoxy) is 2. The average Bonchev–Trinajstić information content (AvgIpc) is 3.48. The molecule has 0 bridgehead atoms. The highest BCUT2D eigenvalue weighted by atomic mass is 19.4. The summed E-state index contributed by atoms with van der Waals surface area (Å²) in [6.45, 7) is 1.90. The summed E-state index contributed by atoms with van der Waals surface area (Å²) in [5.74, 6) is -0.452. The zero-order valence-corrected chi connectivity index (χ0v) is 24.7. The number of hydrogen-bond donors (Lipinski definition) is 2.